The summed E-state index contributed by atoms with van der Waals surface area (Å²) in [5.41, 5.74) is 1.99. The van der Waals surface area contributed by atoms with Crippen LogP contribution in [0, 0.1) is 16.7 Å². The summed E-state index contributed by atoms with van der Waals surface area (Å²) in [6.45, 7) is 1.74. The van der Waals surface area contributed by atoms with Crippen molar-refractivity contribution in [3.63, 3.8) is 0 Å². The average Bonchev–Trinajstić information content (AvgIpc) is 3.15. The molecule has 1 saturated carbocycles. The number of halogens is 1. The molecule has 4 heteroatoms. The number of hydrogen-bond acceptors (Lipinski definition) is 3. The normalized spacial score (nSPS) is 16.1. The highest BCUT2D eigenvalue weighted by molar-refractivity contribution is 9.10. The van der Waals surface area contributed by atoms with Gasteiger partial charge in [0.05, 0.1) is 11.3 Å². The van der Waals surface area contributed by atoms with Crippen molar-refractivity contribution in [2.24, 2.45) is 5.41 Å². The number of ether oxygens (including phenoxy) is 1. The SMILES string of the molecule is COCCC1(CNc2ccc(Br)cc2C#N)CC1. The molecule has 0 aliphatic heterocycles. The van der Waals surface area contributed by atoms with Gasteiger partial charge in [-0.15, -0.1) is 0 Å². The van der Waals surface area contributed by atoms with Gasteiger partial charge in [-0.25, -0.2) is 0 Å². The van der Waals surface area contributed by atoms with Gasteiger partial charge in [-0.1, -0.05) is 15.9 Å². The Kier molecular flexibility index (Phi) is 4.26. The van der Waals surface area contributed by atoms with E-state index in [1.165, 1.54) is 12.8 Å². The van der Waals surface area contributed by atoms with Crippen LogP contribution in [-0.4, -0.2) is 20.3 Å². The number of nitrogens with zero attached hydrogens (tertiary/aromatic N) is 1. The van der Waals surface area contributed by atoms with Crippen molar-refractivity contribution in [3.8, 4) is 6.07 Å². The van der Waals surface area contributed by atoms with E-state index in [1.807, 2.05) is 18.2 Å². The maximum absolute atomic E-state index is 9.10. The third-order valence-electron chi connectivity index (χ3n) is 3.55. The van der Waals surface area contributed by atoms with Crippen molar-refractivity contribution in [1.82, 2.24) is 0 Å². The fourth-order valence-electron chi connectivity index (χ4n) is 2.06. The minimum atomic E-state index is 0.385. The van der Waals surface area contributed by atoms with Crippen LogP contribution < -0.4 is 5.32 Å². The lowest BCUT2D eigenvalue weighted by Gasteiger charge is -2.17. The first kappa shape index (κ1) is 13.4. The summed E-state index contributed by atoms with van der Waals surface area (Å²) in [7, 11) is 1.74. The number of anilines is 1. The molecular formula is C14H17BrN2O. The Hall–Kier alpha value is -1.05. The van der Waals surface area contributed by atoms with Crippen LogP contribution in [0.25, 0.3) is 0 Å². The number of nitriles is 1. The molecule has 1 aliphatic rings. The number of methoxy groups -OCH3 is 1. The summed E-state index contributed by atoms with van der Waals surface area (Å²) in [6, 6.07) is 7.97. The molecular weight excluding hydrogens is 292 g/mol. The van der Waals surface area contributed by atoms with E-state index < -0.39 is 0 Å². The lowest BCUT2D eigenvalue weighted by molar-refractivity contribution is 0.175. The van der Waals surface area contributed by atoms with Crippen LogP contribution in [0.15, 0.2) is 22.7 Å². The van der Waals surface area contributed by atoms with Crippen molar-refractivity contribution in [1.29, 1.82) is 5.26 Å². The van der Waals surface area contributed by atoms with E-state index >= 15 is 0 Å². The third kappa shape index (κ3) is 3.24. The van der Waals surface area contributed by atoms with E-state index in [2.05, 4.69) is 27.3 Å². The molecule has 1 aliphatic carbocycles. The molecule has 0 radical (unpaired) electrons. The summed E-state index contributed by atoms with van der Waals surface area (Å²) >= 11 is 3.38. The Bertz CT molecular complexity index is 463. The highest BCUT2D eigenvalue weighted by atomic mass is 79.9. The van der Waals surface area contributed by atoms with Gasteiger partial charge in [-0.3, -0.25) is 0 Å². The molecule has 18 heavy (non-hydrogen) atoms. The summed E-state index contributed by atoms with van der Waals surface area (Å²) in [5, 5.41) is 12.5. The number of nitrogens with one attached hydrogen (secondary N) is 1. The van der Waals surface area contributed by atoms with Crippen LogP contribution in [0.2, 0.25) is 0 Å². The van der Waals surface area contributed by atoms with Gasteiger partial charge in [0.2, 0.25) is 0 Å². The molecule has 96 valence electrons. The Balaban J connectivity index is 1.96. The third-order valence-corrected chi connectivity index (χ3v) is 4.04. The van der Waals surface area contributed by atoms with E-state index in [4.69, 9.17) is 10.00 Å². The van der Waals surface area contributed by atoms with Crippen LogP contribution in [-0.2, 0) is 4.74 Å². The maximum atomic E-state index is 9.10. The standard InChI is InChI=1S/C14H17BrN2O/c1-18-7-6-14(4-5-14)10-17-13-3-2-12(15)8-11(13)9-16/h2-3,8,17H,4-7,10H2,1H3. The lowest BCUT2D eigenvalue weighted by atomic mass is 10.0. The summed E-state index contributed by atoms with van der Waals surface area (Å²) in [4.78, 5) is 0. The fraction of sp³-hybridized carbons (Fsp3) is 0.500. The number of rotatable bonds is 6. The Labute approximate surface area is 116 Å². The lowest BCUT2D eigenvalue weighted by Crippen LogP contribution is -2.17. The summed E-state index contributed by atoms with van der Waals surface area (Å²) < 4.78 is 6.08. The molecule has 0 bridgehead atoms. The second-order valence-corrected chi connectivity index (χ2v) is 5.81. The highest BCUT2D eigenvalue weighted by Crippen LogP contribution is 2.48. The van der Waals surface area contributed by atoms with Gasteiger partial charge in [0, 0.05) is 24.7 Å². The minimum absolute atomic E-state index is 0.385. The van der Waals surface area contributed by atoms with Crippen molar-refractivity contribution >= 4 is 21.6 Å². The maximum Gasteiger partial charge on any atom is 0.101 e. The van der Waals surface area contributed by atoms with Crippen molar-refractivity contribution in [3.05, 3.63) is 28.2 Å². The van der Waals surface area contributed by atoms with Crippen molar-refractivity contribution in [2.45, 2.75) is 19.3 Å². The number of hydrogen-bond donors (Lipinski definition) is 1. The molecule has 1 N–H and O–H groups in total. The molecule has 0 spiro atoms. The molecule has 2 rings (SSSR count). The van der Waals surface area contributed by atoms with Crippen molar-refractivity contribution < 1.29 is 4.74 Å². The molecule has 1 fully saturated rings. The van der Waals surface area contributed by atoms with E-state index in [-0.39, 0.29) is 0 Å². The summed E-state index contributed by atoms with van der Waals surface area (Å²) in [6.07, 6.45) is 3.60. The average molecular weight is 309 g/mol. The molecule has 0 unspecified atom stereocenters. The van der Waals surface area contributed by atoms with Gasteiger partial charge in [0.15, 0.2) is 0 Å². The van der Waals surface area contributed by atoms with Gasteiger partial charge >= 0.3 is 0 Å². The van der Waals surface area contributed by atoms with Crippen molar-refractivity contribution in [2.75, 3.05) is 25.6 Å². The molecule has 0 saturated heterocycles. The Morgan fingerprint density at radius 3 is 2.89 bits per heavy atom. The van der Waals surface area contributed by atoms with Gasteiger partial charge in [-0.2, -0.15) is 5.26 Å². The van der Waals surface area contributed by atoms with Gasteiger partial charge in [0.25, 0.3) is 0 Å². The van der Waals surface area contributed by atoms with Gasteiger partial charge in [-0.05, 0) is 42.9 Å². The van der Waals surface area contributed by atoms with Crippen LogP contribution in [0.3, 0.4) is 0 Å². The number of benzene rings is 1. The van der Waals surface area contributed by atoms with Crippen LogP contribution in [0.1, 0.15) is 24.8 Å². The summed E-state index contributed by atoms with van der Waals surface area (Å²) in [5.74, 6) is 0. The second kappa shape index (κ2) is 5.73. The highest BCUT2D eigenvalue weighted by Gasteiger charge is 2.41. The topological polar surface area (TPSA) is 45.0 Å². The Morgan fingerprint density at radius 1 is 1.50 bits per heavy atom. The monoisotopic (exact) mass is 308 g/mol. The molecule has 1 aromatic carbocycles. The minimum Gasteiger partial charge on any atom is -0.385 e. The zero-order valence-corrected chi connectivity index (χ0v) is 12.1. The molecule has 3 nitrogen and oxygen atoms in total. The zero-order chi connectivity index (χ0) is 13.0. The first-order valence-corrected chi connectivity index (χ1v) is 6.91. The predicted molar refractivity (Wildman–Crippen MR) is 75.5 cm³/mol. The molecule has 0 aromatic heterocycles. The van der Waals surface area contributed by atoms with E-state index in [0.29, 0.717) is 11.0 Å². The van der Waals surface area contributed by atoms with E-state index in [0.717, 1.165) is 29.7 Å². The van der Waals surface area contributed by atoms with Gasteiger partial charge < -0.3 is 10.1 Å². The van der Waals surface area contributed by atoms with E-state index in [9.17, 15) is 0 Å². The largest absolute Gasteiger partial charge is 0.385 e. The van der Waals surface area contributed by atoms with Crippen LogP contribution >= 0.6 is 15.9 Å². The molecule has 0 amide bonds. The fourth-order valence-corrected chi connectivity index (χ4v) is 2.42. The second-order valence-electron chi connectivity index (χ2n) is 4.90. The molecule has 1 aromatic rings. The van der Waals surface area contributed by atoms with E-state index in [1.54, 1.807) is 7.11 Å². The quantitative estimate of drug-likeness (QED) is 0.874. The zero-order valence-electron chi connectivity index (χ0n) is 10.5. The first-order valence-electron chi connectivity index (χ1n) is 6.12. The van der Waals surface area contributed by atoms with Gasteiger partial charge in [0.1, 0.15) is 6.07 Å². The smallest absolute Gasteiger partial charge is 0.101 e. The predicted octanol–water partition coefficient (Wildman–Crippen LogP) is 3.55. The molecule has 0 heterocycles. The van der Waals surface area contributed by atoms with Crippen LogP contribution in [0.4, 0.5) is 5.69 Å². The first-order chi connectivity index (χ1) is 8.69. The molecule has 0 atom stereocenters. The Morgan fingerprint density at radius 2 is 2.28 bits per heavy atom. The van der Waals surface area contributed by atoms with Crippen LogP contribution in [0.5, 0.6) is 0 Å².